The molecule has 4 rings (SSSR count). The Balaban J connectivity index is 1.29. The second-order valence-electron chi connectivity index (χ2n) is 9.27. The molecule has 2 aliphatic rings. The zero-order valence-electron chi connectivity index (χ0n) is 20.3. The molecule has 34 heavy (non-hydrogen) atoms. The van der Waals surface area contributed by atoms with Crippen LogP contribution in [0.25, 0.3) is 0 Å². The van der Waals surface area contributed by atoms with E-state index in [0.717, 1.165) is 73.6 Å². The summed E-state index contributed by atoms with van der Waals surface area (Å²) in [6.45, 7) is 4.23. The Hall–Kier alpha value is -2.77. The Kier molecular flexibility index (Phi) is 8.29. The Morgan fingerprint density at radius 2 is 1.68 bits per heavy atom. The Bertz CT molecular complexity index is 919. The molecule has 0 aromatic heterocycles. The van der Waals surface area contributed by atoms with Gasteiger partial charge in [-0.25, -0.2) is 0 Å². The van der Waals surface area contributed by atoms with E-state index >= 15 is 0 Å². The normalized spacial score (nSPS) is 19.2. The van der Waals surface area contributed by atoms with Crippen LogP contribution in [-0.4, -0.2) is 69.0 Å². The summed E-state index contributed by atoms with van der Waals surface area (Å²) in [6.07, 6.45) is 4.06. The first kappa shape index (κ1) is 24.4. The number of hydrogen-bond acceptors (Lipinski definition) is 6. The van der Waals surface area contributed by atoms with Gasteiger partial charge < -0.3 is 29.7 Å². The van der Waals surface area contributed by atoms with Crippen molar-refractivity contribution in [3.8, 4) is 11.5 Å². The van der Waals surface area contributed by atoms with E-state index in [4.69, 9.17) is 9.47 Å². The summed E-state index contributed by atoms with van der Waals surface area (Å²) in [7, 11) is 3.38. The molecular formula is C27H37N3O4. The molecule has 7 heteroatoms. The third kappa shape index (κ3) is 5.65. The van der Waals surface area contributed by atoms with Crippen molar-refractivity contribution in [2.45, 2.75) is 38.3 Å². The van der Waals surface area contributed by atoms with Crippen molar-refractivity contribution < 1.29 is 19.4 Å². The van der Waals surface area contributed by atoms with Gasteiger partial charge in [-0.2, -0.15) is 0 Å². The summed E-state index contributed by atoms with van der Waals surface area (Å²) < 4.78 is 11.0. The predicted molar refractivity (Wildman–Crippen MR) is 134 cm³/mol. The van der Waals surface area contributed by atoms with Crippen molar-refractivity contribution in [1.29, 1.82) is 0 Å². The zero-order chi connectivity index (χ0) is 23.9. The molecule has 0 unspecified atom stereocenters. The number of likely N-dealkylation sites (tertiary alicyclic amines) is 1. The number of carbonyl (C=O) groups is 1. The molecule has 0 bridgehead atoms. The van der Waals surface area contributed by atoms with Gasteiger partial charge in [0, 0.05) is 62.2 Å². The van der Waals surface area contributed by atoms with E-state index in [2.05, 4.69) is 22.3 Å². The minimum absolute atomic E-state index is 0.0689. The highest BCUT2D eigenvalue weighted by molar-refractivity contribution is 5.94. The largest absolute Gasteiger partial charge is 0.496 e. The van der Waals surface area contributed by atoms with Gasteiger partial charge in [0.05, 0.1) is 14.2 Å². The number of nitrogens with one attached hydrogen (secondary N) is 1. The van der Waals surface area contributed by atoms with E-state index < -0.39 is 0 Å². The fourth-order valence-corrected chi connectivity index (χ4v) is 5.09. The molecule has 2 N–H and O–H groups in total. The van der Waals surface area contributed by atoms with Crippen LogP contribution in [-0.2, 0) is 6.54 Å². The van der Waals surface area contributed by atoms with E-state index in [9.17, 15) is 9.90 Å². The summed E-state index contributed by atoms with van der Waals surface area (Å²) in [5, 5.41) is 13.1. The highest BCUT2D eigenvalue weighted by atomic mass is 16.5. The van der Waals surface area contributed by atoms with Crippen molar-refractivity contribution >= 4 is 11.6 Å². The maximum atomic E-state index is 12.9. The Morgan fingerprint density at radius 3 is 2.29 bits per heavy atom. The quantitative estimate of drug-likeness (QED) is 0.621. The first-order valence-electron chi connectivity index (χ1n) is 12.3. The van der Waals surface area contributed by atoms with Crippen molar-refractivity contribution in [3.05, 3.63) is 53.6 Å². The third-order valence-electron chi connectivity index (χ3n) is 7.14. The van der Waals surface area contributed by atoms with Crippen molar-refractivity contribution in [2.24, 2.45) is 5.92 Å². The SMILES string of the molecule is COc1cccc(OC)c1CNC1CCN(c2ccc(C(=O)N3CCC[C@@H](CO)C3)cc2)CC1. The number of aliphatic hydroxyl groups is 1. The van der Waals surface area contributed by atoms with Gasteiger partial charge in [0.15, 0.2) is 0 Å². The number of piperidine rings is 2. The third-order valence-corrected chi connectivity index (χ3v) is 7.14. The molecule has 0 saturated carbocycles. The minimum atomic E-state index is 0.0689. The molecule has 2 aliphatic heterocycles. The molecule has 2 saturated heterocycles. The van der Waals surface area contributed by atoms with Gasteiger partial charge >= 0.3 is 0 Å². The molecule has 2 aromatic carbocycles. The van der Waals surface area contributed by atoms with E-state index in [-0.39, 0.29) is 18.4 Å². The van der Waals surface area contributed by atoms with Crippen molar-refractivity contribution in [1.82, 2.24) is 10.2 Å². The zero-order valence-corrected chi connectivity index (χ0v) is 20.3. The summed E-state index contributed by atoms with van der Waals surface area (Å²) in [5.74, 6) is 1.96. The van der Waals surface area contributed by atoms with Gasteiger partial charge in [0.1, 0.15) is 11.5 Å². The monoisotopic (exact) mass is 467 g/mol. The molecule has 1 atom stereocenters. The van der Waals surface area contributed by atoms with Crippen molar-refractivity contribution in [3.63, 3.8) is 0 Å². The van der Waals surface area contributed by atoms with Crippen LogP contribution in [0, 0.1) is 5.92 Å². The number of carbonyl (C=O) groups excluding carboxylic acids is 1. The van der Waals surface area contributed by atoms with Crippen LogP contribution in [0.1, 0.15) is 41.6 Å². The average Bonchev–Trinajstić information content (AvgIpc) is 2.91. The molecule has 0 spiro atoms. The number of anilines is 1. The second kappa shape index (κ2) is 11.6. The van der Waals surface area contributed by atoms with Gasteiger partial charge in [-0.1, -0.05) is 6.07 Å². The maximum absolute atomic E-state index is 12.9. The van der Waals surface area contributed by atoms with Crippen LogP contribution in [0.4, 0.5) is 5.69 Å². The Morgan fingerprint density at radius 1 is 1.00 bits per heavy atom. The van der Waals surface area contributed by atoms with Gasteiger partial charge in [0.2, 0.25) is 0 Å². The van der Waals surface area contributed by atoms with Gasteiger partial charge in [-0.3, -0.25) is 4.79 Å². The molecule has 2 heterocycles. The first-order chi connectivity index (χ1) is 16.6. The summed E-state index contributed by atoms with van der Waals surface area (Å²) >= 11 is 0. The van der Waals surface area contributed by atoms with Crippen LogP contribution in [0.5, 0.6) is 11.5 Å². The summed E-state index contributed by atoms with van der Waals surface area (Å²) in [6, 6.07) is 14.3. The van der Waals surface area contributed by atoms with Gasteiger partial charge in [-0.15, -0.1) is 0 Å². The number of amides is 1. The second-order valence-corrected chi connectivity index (χ2v) is 9.27. The number of nitrogens with zero attached hydrogens (tertiary/aromatic N) is 2. The van der Waals surface area contributed by atoms with Crippen LogP contribution < -0.4 is 19.7 Å². The molecule has 184 valence electrons. The smallest absolute Gasteiger partial charge is 0.253 e. The lowest BCUT2D eigenvalue weighted by atomic mass is 9.98. The molecular weight excluding hydrogens is 430 g/mol. The molecule has 7 nitrogen and oxygen atoms in total. The molecule has 0 aliphatic carbocycles. The predicted octanol–water partition coefficient (Wildman–Crippen LogP) is 3.31. The molecule has 0 radical (unpaired) electrons. The number of aliphatic hydroxyl groups excluding tert-OH is 1. The van der Waals surface area contributed by atoms with E-state index in [1.54, 1.807) is 14.2 Å². The maximum Gasteiger partial charge on any atom is 0.253 e. The van der Waals surface area contributed by atoms with E-state index in [0.29, 0.717) is 19.1 Å². The number of hydrogen-bond donors (Lipinski definition) is 2. The van der Waals surface area contributed by atoms with Crippen molar-refractivity contribution in [2.75, 3.05) is 51.9 Å². The number of methoxy groups -OCH3 is 2. The molecule has 2 aromatic rings. The lowest BCUT2D eigenvalue weighted by Gasteiger charge is -2.34. The first-order valence-corrected chi connectivity index (χ1v) is 12.3. The van der Waals surface area contributed by atoms with Gasteiger partial charge in [0.25, 0.3) is 5.91 Å². The highest BCUT2D eigenvalue weighted by Gasteiger charge is 2.25. The van der Waals surface area contributed by atoms with E-state index in [1.807, 2.05) is 35.2 Å². The van der Waals surface area contributed by atoms with Crippen LogP contribution in [0.3, 0.4) is 0 Å². The number of ether oxygens (including phenoxy) is 2. The Labute approximate surface area is 202 Å². The topological polar surface area (TPSA) is 74.3 Å². The van der Waals surface area contributed by atoms with Crippen LogP contribution in [0.15, 0.2) is 42.5 Å². The summed E-state index contributed by atoms with van der Waals surface area (Å²) in [4.78, 5) is 17.1. The highest BCUT2D eigenvalue weighted by Crippen LogP contribution is 2.29. The van der Waals surface area contributed by atoms with E-state index in [1.165, 1.54) is 0 Å². The minimum Gasteiger partial charge on any atom is -0.496 e. The summed E-state index contributed by atoms with van der Waals surface area (Å²) in [5.41, 5.74) is 2.94. The average molecular weight is 468 g/mol. The lowest BCUT2D eigenvalue weighted by molar-refractivity contribution is 0.0620. The fourth-order valence-electron chi connectivity index (χ4n) is 5.09. The molecule has 1 amide bonds. The van der Waals surface area contributed by atoms with Crippen LogP contribution >= 0.6 is 0 Å². The van der Waals surface area contributed by atoms with Gasteiger partial charge in [-0.05, 0) is 68.0 Å². The fraction of sp³-hybridized carbons (Fsp3) is 0.519. The van der Waals surface area contributed by atoms with Crippen LogP contribution in [0.2, 0.25) is 0 Å². The standard InChI is InChI=1S/C27H37N3O4/c1-33-25-6-3-7-26(34-2)24(25)17-28-22-12-15-29(16-13-22)23-10-8-21(9-11-23)27(32)30-14-4-5-20(18-30)19-31/h3,6-11,20,22,28,31H,4-5,12-19H2,1-2H3/t20-/m1/s1. The number of benzene rings is 2. The lowest BCUT2D eigenvalue weighted by Crippen LogP contribution is -2.42. The number of rotatable bonds is 8. The molecule has 2 fully saturated rings.